The number of aromatic amines is 1. The summed E-state index contributed by atoms with van der Waals surface area (Å²) < 4.78 is 6.91. The summed E-state index contributed by atoms with van der Waals surface area (Å²) in [6, 6.07) is 19.5. The Hall–Kier alpha value is -4.31. The minimum Gasteiger partial charge on any atom is -0.497 e. The number of fused-ring (bicyclic) bond motifs is 2. The van der Waals surface area contributed by atoms with Gasteiger partial charge in [0.05, 0.1) is 18.5 Å². The standard InChI is InChI=1S/C22H16N6O/c1-29-14-8-6-13(7-9-14)21-16(11-23)22(24)26-20-10-19(27-28(20)21)17-12-25-18-5-3-2-4-15(17)18/h2-10,12,25H,1H3,(H2,24,26). The smallest absolute Gasteiger partial charge is 0.158 e. The van der Waals surface area contributed by atoms with E-state index in [9.17, 15) is 5.26 Å². The van der Waals surface area contributed by atoms with E-state index in [0.29, 0.717) is 11.3 Å². The Balaban J connectivity index is 1.78. The van der Waals surface area contributed by atoms with Gasteiger partial charge in [-0.25, -0.2) is 9.50 Å². The lowest BCUT2D eigenvalue weighted by Gasteiger charge is -2.09. The summed E-state index contributed by atoms with van der Waals surface area (Å²) >= 11 is 0. The third kappa shape index (κ3) is 2.58. The van der Waals surface area contributed by atoms with Crippen LogP contribution in [-0.4, -0.2) is 26.7 Å². The van der Waals surface area contributed by atoms with Gasteiger partial charge in [-0.1, -0.05) is 18.2 Å². The minimum atomic E-state index is 0.177. The maximum absolute atomic E-state index is 9.71. The molecular formula is C22H16N6O. The largest absolute Gasteiger partial charge is 0.497 e. The van der Waals surface area contributed by atoms with Gasteiger partial charge < -0.3 is 15.5 Å². The number of benzene rings is 2. The number of anilines is 1. The van der Waals surface area contributed by atoms with Crippen molar-refractivity contribution in [3.05, 3.63) is 66.4 Å². The molecule has 0 aliphatic carbocycles. The first kappa shape index (κ1) is 16.8. The highest BCUT2D eigenvalue weighted by Crippen LogP contribution is 2.32. The zero-order valence-corrected chi connectivity index (χ0v) is 15.5. The van der Waals surface area contributed by atoms with Crippen molar-refractivity contribution in [1.82, 2.24) is 19.6 Å². The molecule has 29 heavy (non-hydrogen) atoms. The van der Waals surface area contributed by atoms with Gasteiger partial charge in [-0.3, -0.25) is 0 Å². The van der Waals surface area contributed by atoms with Gasteiger partial charge in [0.15, 0.2) is 5.65 Å². The second-order valence-corrected chi connectivity index (χ2v) is 6.61. The van der Waals surface area contributed by atoms with Gasteiger partial charge in [-0.15, -0.1) is 0 Å². The van der Waals surface area contributed by atoms with Crippen molar-refractivity contribution < 1.29 is 4.74 Å². The number of methoxy groups -OCH3 is 1. The second kappa shape index (κ2) is 6.39. The third-order valence-electron chi connectivity index (χ3n) is 4.97. The molecular weight excluding hydrogens is 364 g/mol. The number of para-hydroxylation sites is 1. The van der Waals surface area contributed by atoms with Crippen LogP contribution in [0.1, 0.15) is 5.56 Å². The first-order chi connectivity index (χ1) is 14.2. The molecule has 3 aromatic heterocycles. The van der Waals surface area contributed by atoms with Crippen LogP contribution in [0.25, 0.3) is 39.1 Å². The molecule has 0 spiro atoms. The van der Waals surface area contributed by atoms with Crippen molar-refractivity contribution in [3.8, 4) is 34.3 Å². The highest BCUT2D eigenvalue weighted by Gasteiger charge is 2.19. The van der Waals surface area contributed by atoms with E-state index in [1.807, 2.05) is 60.8 Å². The molecule has 2 aromatic carbocycles. The Kier molecular flexibility index (Phi) is 3.71. The number of ether oxygens (including phenoxy) is 1. The predicted molar refractivity (Wildman–Crippen MR) is 111 cm³/mol. The molecule has 7 nitrogen and oxygen atoms in total. The first-order valence-corrected chi connectivity index (χ1v) is 9.00. The summed E-state index contributed by atoms with van der Waals surface area (Å²) in [5.41, 5.74) is 11.1. The molecule has 3 heterocycles. The highest BCUT2D eigenvalue weighted by atomic mass is 16.5. The molecule has 0 bridgehead atoms. The molecule has 0 atom stereocenters. The van der Waals surface area contributed by atoms with Crippen molar-refractivity contribution in [1.29, 1.82) is 5.26 Å². The van der Waals surface area contributed by atoms with Gasteiger partial charge in [-0.05, 0) is 30.3 Å². The fraction of sp³-hybridized carbons (Fsp3) is 0.0455. The molecule has 0 fully saturated rings. The van der Waals surface area contributed by atoms with E-state index in [1.165, 1.54) is 0 Å². The number of aromatic nitrogens is 4. The molecule has 140 valence electrons. The molecule has 0 aliphatic rings. The number of hydrogen-bond donors (Lipinski definition) is 2. The van der Waals surface area contributed by atoms with Crippen LogP contribution >= 0.6 is 0 Å². The SMILES string of the molecule is COc1ccc(-c2c(C#N)c(N)nc3cc(-c4c[nH]c5ccccc45)nn23)cc1. The Bertz CT molecular complexity index is 1410. The topological polar surface area (TPSA) is 105 Å². The van der Waals surface area contributed by atoms with Crippen molar-refractivity contribution in [2.24, 2.45) is 0 Å². The summed E-state index contributed by atoms with van der Waals surface area (Å²) in [6.45, 7) is 0. The summed E-state index contributed by atoms with van der Waals surface area (Å²) in [5, 5.41) is 15.5. The number of nitrogens with two attached hydrogens (primary N) is 1. The number of H-pyrrole nitrogens is 1. The first-order valence-electron chi connectivity index (χ1n) is 9.00. The number of nitriles is 1. The van der Waals surface area contributed by atoms with Gasteiger partial charge in [-0.2, -0.15) is 10.4 Å². The van der Waals surface area contributed by atoms with Crippen LogP contribution in [0.15, 0.2) is 60.8 Å². The summed E-state index contributed by atoms with van der Waals surface area (Å²) in [5.74, 6) is 0.904. The van der Waals surface area contributed by atoms with Crippen LogP contribution < -0.4 is 10.5 Å². The van der Waals surface area contributed by atoms with E-state index in [2.05, 4.69) is 16.0 Å². The minimum absolute atomic E-state index is 0.177. The molecule has 3 N–H and O–H groups in total. The van der Waals surface area contributed by atoms with E-state index < -0.39 is 0 Å². The van der Waals surface area contributed by atoms with Gasteiger partial charge in [0, 0.05) is 34.3 Å². The molecule has 0 amide bonds. The molecule has 0 radical (unpaired) electrons. The van der Waals surface area contributed by atoms with Gasteiger partial charge >= 0.3 is 0 Å². The number of nitrogens with zero attached hydrogens (tertiary/aromatic N) is 4. The van der Waals surface area contributed by atoms with Crippen molar-refractivity contribution in [2.45, 2.75) is 0 Å². The monoisotopic (exact) mass is 380 g/mol. The Morgan fingerprint density at radius 3 is 2.69 bits per heavy atom. The average Bonchev–Trinajstić information content (AvgIpc) is 3.36. The summed E-state index contributed by atoms with van der Waals surface area (Å²) in [7, 11) is 1.61. The lowest BCUT2D eigenvalue weighted by molar-refractivity contribution is 0.415. The van der Waals surface area contributed by atoms with Crippen LogP contribution in [0, 0.1) is 11.3 Å². The van der Waals surface area contributed by atoms with E-state index in [-0.39, 0.29) is 11.4 Å². The number of hydrogen-bond acceptors (Lipinski definition) is 5. The van der Waals surface area contributed by atoms with Crippen LogP contribution in [0.4, 0.5) is 5.82 Å². The fourth-order valence-corrected chi connectivity index (χ4v) is 3.56. The molecule has 5 aromatic rings. The second-order valence-electron chi connectivity index (χ2n) is 6.61. The van der Waals surface area contributed by atoms with E-state index >= 15 is 0 Å². The van der Waals surface area contributed by atoms with Crippen LogP contribution in [0.3, 0.4) is 0 Å². The molecule has 0 aliphatic heterocycles. The van der Waals surface area contributed by atoms with Gasteiger partial charge in [0.2, 0.25) is 0 Å². The van der Waals surface area contributed by atoms with Crippen molar-refractivity contribution in [2.75, 3.05) is 12.8 Å². The zero-order chi connectivity index (χ0) is 20.0. The van der Waals surface area contributed by atoms with Gasteiger partial charge in [0.25, 0.3) is 0 Å². The zero-order valence-electron chi connectivity index (χ0n) is 15.5. The number of nitrogen functional groups attached to an aromatic ring is 1. The average molecular weight is 380 g/mol. The molecule has 0 saturated heterocycles. The van der Waals surface area contributed by atoms with Crippen LogP contribution in [-0.2, 0) is 0 Å². The maximum Gasteiger partial charge on any atom is 0.158 e. The Labute approximate surface area is 166 Å². The Morgan fingerprint density at radius 1 is 1.14 bits per heavy atom. The summed E-state index contributed by atoms with van der Waals surface area (Å²) in [6.07, 6.45) is 1.92. The number of rotatable bonds is 3. The van der Waals surface area contributed by atoms with E-state index in [4.69, 9.17) is 15.6 Å². The lowest BCUT2D eigenvalue weighted by Crippen LogP contribution is -2.05. The molecule has 5 rings (SSSR count). The normalized spacial score (nSPS) is 11.0. The van der Waals surface area contributed by atoms with Crippen molar-refractivity contribution >= 4 is 22.4 Å². The van der Waals surface area contributed by atoms with Gasteiger partial charge in [0.1, 0.15) is 23.2 Å². The lowest BCUT2D eigenvalue weighted by atomic mass is 10.1. The highest BCUT2D eigenvalue weighted by molar-refractivity contribution is 5.95. The van der Waals surface area contributed by atoms with Crippen molar-refractivity contribution in [3.63, 3.8) is 0 Å². The predicted octanol–water partition coefficient (Wildman–Crippen LogP) is 4.01. The third-order valence-corrected chi connectivity index (χ3v) is 4.97. The fourth-order valence-electron chi connectivity index (χ4n) is 3.56. The van der Waals surface area contributed by atoms with Crippen LogP contribution in [0.2, 0.25) is 0 Å². The Morgan fingerprint density at radius 2 is 1.93 bits per heavy atom. The quantitative estimate of drug-likeness (QED) is 0.492. The summed E-state index contributed by atoms with van der Waals surface area (Å²) in [4.78, 5) is 7.66. The molecule has 0 unspecified atom stereocenters. The molecule has 0 saturated carbocycles. The van der Waals surface area contributed by atoms with E-state index in [0.717, 1.165) is 33.5 Å². The number of nitrogens with one attached hydrogen (secondary N) is 1. The maximum atomic E-state index is 9.71. The van der Waals surface area contributed by atoms with E-state index in [1.54, 1.807) is 11.6 Å². The molecule has 7 heteroatoms. The van der Waals surface area contributed by atoms with Crippen LogP contribution in [0.5, 0.6) is 5.75 Å².